The van der Waals surface area contributed by atoms with E-state index in [9.17, 15) is 0 Å². The lowest BCUT2D eigenvalue weighted by Crippen LogP contribution is -2.25. The smallest absolute Gasteiger partial charge is 0.180 e. The van der Waals surface area contributed by atoms with E-state index in [2.05, 4.69) is 65.8 Å². The summed E-state index contributed by atoms with van der Waals surface area (Å²) in [5.74, 6) is 0. The number of hydrogen-bond donors (Lipinski definition) is 0. The predicted molar refractivity (Wildman–Crippen MR) is 372 cm³/mol. The Morgan fingerprint density at radius 2 is 0.388 bits per heavy atom. The molecule has 0 aliphatic rings. The van der Waals surface area contributed by atoms with Crippen LogP contribution in [0.4, 0.5) is 0 Å². The monoisotopic (exact) mass is 1200 g/mol. The van der Waals surface area contributed by atoms with Crippen molar-refractivity contribution in [2.75, 3.05) is 39.6 Å². The highest BCUT2D eigenvalue weighted by molar-refractivity contribution is 4.90. The summed E-state index contributed by atoms with van der Waals surface area (Å²) < 4.78 is 44.7. The molecule has 0 fully saturated rings. The van der Waals surface area contributed by atoms with E-state index >= 15 is 0 Å². The van der Waals surface area contributed by atoms with Crippen molar-refractivity contribution >= 4 is 0 Å². The van der Waals surface area contributed by atoms with Crippen molar-refractivity contribution < 1.29 is 33.2 Å². The summed E-state index contributed by atoms with van der Waals surface area (Å²) in [5.41, 5.74) is 0. The second-order valence-electron chi connectivity index (χ2n) is 25.9. The van der Waals surface area contributed by atoms with Crippen LogP contribution in [0.2, 0.25) is 0 Å². The van der Waals surface area contributed by atoms with Gasteiger partial charge in [0.05, 0.1) is 13.2 Å². The van der Waals surface area contributed by atoms with E-state index < -0.39 is 0 Å². The van der Waals surface area contributed by atoms with Gasteiger partial charge in [0, 0.05) is 26.4 Å². The Kier molecular flexibility index (Phi) is 74.9. The average molecular weight is 1200 g/mol. The Bertz CT molecular complexity index is 1110. The first-order valence-electron chi connectivity index (χ1n) is 38.8. The molecule has 0 aromatic carbocycles. The van der Waals surface area contributed by atoms with Crippen LogP contribution in [0.25, 0.3) is 0 Å². The molecule has 2 atom stereocenters. The molecule has 0 aromatic rings. The second kappa shape index (κ2) is 75.7. The lowest BCUT2D eigenvalue weighted by atomic mass is 10.1. The topological polar surface area (TPSA) is 64.6 Å². The standard InChI is InChI=1S/C78H154O7/c1-7-13-19-25-43-51-61-69-79-75(80-70-62-52-44-26-20-14-8-2)65-55-47-39-35-31-29-33-37-41-49-57-67-77(83-73-59-23-17-11-5)85-78(84-74-60-24-18-12-6)68-58-50-42-38-34-30-32-36-40-48-56-66-76(81-71-63-53-45-27-21-15-9-3)82-72-64-54-46-28-22-16-10-4/h57-58,67-68,75-78H,7-56,59-66,69-74H2,1-6H3. The molecular weight excluding hydrogens is 1050 g/mol. The maximum atomic E-state index is 6.60. The molecule has 0 saturated heterocycles. The first kappa shape index (κ1) is 84.2. The Labute approximate surface area is 533 Å². The van der Waals surface area contributed by atoms with Gasteiger partial charge in [0.2, 0.25) is 0 Å². The summed E-state index contributed by atoms with van der Waals surface area (Å²) in [5, 5.41) is 0. The molecule has 0 aliphatic carbocycles. The van der Waals surface area contributed by atoms with Crippen molar-refractivity contribution in [3.63, 3.8) is 0 Å². The van der Waals surface area contributed by atoms with E-state index in [1.165, 1.54) is 334 Å². The molecule has 508 valence electrons. The molecule has 0 radical (unpaired) electrons. The van der Waals surface area contributed by atoms with Gasteiger partial charge in [-0.1, -0.05) is 336 Å². The van der Waals surface area contributed by atoms with Gasteiger partial charge >= 0.3 is 0 Å². The van der Waals surface area contributed by atoms with Gasteiger partial charge in [-0.3, -0.25) is 0 Å². The normalized spacial score (nSPS) is 12.9. The van der Waals surface area contributed by atoms with Gasteiger partial charge < -0.3 is 33.2 Å². The lowest BCUT2D eigenvalue weighted by molar-refractivity contribution is -0.208. The molecule has 0 amide bonds. The Morgan fingerprint density at radius 1 is 0.200 bits per heavy atom. The minimum Gasteiger partial charge on any atom is -0.353 e. The van der Waals surface area contributed by atoms with Crippen LogP contribution in [0.3, 0.4) is 0 Å². The first-order chi connectivity index (χ1) is 42.1. The van der Waals surface area contributed by atoms with Crippen LogP contribution in [-0.2, 0) is 33.2 Å². The zero-order valence-electron chi connectivity index (χ0n) is 58.7. The van der Waals surface area contributed by atoms with Crippen molar-refractivity contribution in [3.8, 4) is 0 Å². The number of ether oxygens (including phenoxy) is 7. The van der Waals surface area contributed by atoms with E-state index in [-0.39, 0.29) is 25.2 Å². The van der Waals surface area contributed by atoms with Gasteiger partial charge in [-0.05, 0) is 102 Å². The molecule has 0 N–H and O–H groups in total. The average Bonchev–Trinajstić information content (AvgIpc) is 3.52. The molecular formula is C78H154O7. The van der Waals surface area contributed by atoms with Gasteiger partial charge in [0.15, 0.2) is 25.2 Å². The third-order valence-corrected chi connectivity index (χ3v) is 17.2. The highest BCUT2D eigenvalue weighted by Crippen LogP contribution is 2.20. The summed E-state index contributed by atoms with van der Waals surface area (Å²) in [6.07, 6.45) is 82.5. The molecule has 0 aliphatic heterocycles. The predicted octanol–water partition coefficient (Wildman–Crippen LogP) is 26.3. The van der Waals surface area contributed by atoms with Crippen LogP contribution < -0.4 is 0 Å². The third kappa shape index (κ3) is 68.9. The summed E-state index contributed by atoms with van der Waals surface area (Å²) in [7, 11) is 0. The number of hydrogen-bond acceptors (Lipinski definition) is 7. The summed E-state index contributed by atoms with van der Waals surface area (Å²) in [6.45, 7) is 18.6. The summed E-state index contributed by atoms with van der Waals surface area (Å²) in [4.78, 5) is 0. The lowest BCUT2D eigenvalue weighted by Gasteiger charge is -2.22. The molecule has 7 nitrogen and oxygen atoms in total. The number of unbranched alkanes of at least 4 members (excludes halogenated alkanes) is 48. The number of rotatable bonds is 76. The zero-order valence-corrected chi connectivity index (χ0v) is 58.7. The van der Waals surface area contributed by atoms with Gasteiger partial charge in [-0.15, -0.1) is 0 Å². The van der Waals surface area contributed by atoms with E-state index in [0.29, 0.717) is 0 Å². The highest BCUT2D eigenvalue weighted by Gasteiger charge is 2.15. The van der Waals surface area contributed by atoms with E-state index in [4.69, 9.17) is 33.2 Å². The molecule has 85 heavy (non-hydrogen) atoms. The van der Waals surface area contributed by atoms with Gasteiger partial charge in [0.25, 0.3) is 0 Å². The van der Waals surface area contributed by atoms with Crippen molar-refractivity contribution in [2.45, 2.75) is 439 Å². The maximum absolute atomic E-state index is 6.60. The largest absolute Gasteiger partial charge is 0.353 e. The van der Waals surface area contributed by atoms with Crippen LogP contribution in [0, 0.1) is 0 Å². The van der Waals surface area contributed by atoms with Gasteiger partial charge in [-0.2, -0.15) is 0 Å². The van der Waals surface area contributed by atoms with Crippen molar-refractivity contribution in [1.82, 2.24) is 0 Å². The van der Waals surface area contributed by atoms with Crippen LogP contribution >= 0.6 is 0 Å². The van der Waals surface area contributed by atoms with Gasteiger partial charge in [0.1, 0.15) is 0 Å². The second-order valence-corrected chi connectivity index (χ2v) is 25.9. The highest BCUT2D eigenvalue weighted by atomic mass is 16.8. The third-order valence-electron chi connectivity index (χ3n) is 17.2. The SMILES string of the molecule is CCCCCCCCCOC(CCCCCCCCCCCC=CC(OCCCCCC)OC(C=CCCCCCCCCCCCC(OCCCCCCCCC)OCCCCCCCCC)OCCCCCC)OCCCCCCCCC. The molecule has 0 aromatic heterocycles. The minimum atomic E-state index is -0.377. The zero-order chi connectivity index (χ0) is 61.3. The van der Waals surface area contributed by atoms with E-state index in [0.717, 1.165) is 78.2 Å². The Hall–Kier alpha value is -0.800. The van der Waals surface area contributed by atoms with Gasteiger partial charge in [-0.25, -0.2) is 0 Å². The van der Waals surface area contributed by atoms with Crippen molar-refractivity contribution in [2.24, 2.45) is 0 Å². The molecule has 2 unspecified atom stereocenters. The maximum Gasteiger partial charge on any atom is 0.180 e. The minimum absolute atomic E-state index is 0.00690. The van der Waals surface area contributed by atoms with Crippen LogP contribution in [0.15, 0.2) is 24.3 Å². The Morgan fingerprint density at radius 3 is 0.635 bits per heavy atom. The van der Waals surface area contributed by atoms with E-state index in [1.807, 2.05) is 0 Å². The van der Waals surface area contributed by atoms with Crippen LogP contribution in [-0.4, -0.2) is 64.8 Å². The van der Waals surface area contributed by atoms with Crippen LogP contribution in [0.5, 0.6) is 0 Å². The summed E-state index contributed by atoms with van der Waals surface area (Å²) >= 11 is 0. The Balaban J connectivity index is 4.73. The fourth-order valence-corrected chi connectivity index (χ4v) is 11.4. The molecule has 7 heteroatoms. The van der Waals surface area contributed by atoms with Crippen molar-refractivity contribution in [1.29, 1.82) is 0 Å². The van der Waals surface area contributed by atoms with Crippen LogP contribution in [0.1, 0.15) is 414 Å². The molecule has 0 saturated carbocycles. The summed E-state index contributed by atoms with van der Waals surface area (Å²) in [6, 6.07) is 0. The fourth-order valence-electron chi connectivity index (χ4n) is 11.4. The quantitative estimate of drug-likeness (QED) is 0.0341. The first-order valence-corrected chi connectivity index (χ1v) is 38.8. The molecule has 0 heterocycles. The molecule has 0 bridgehead atoms. The number of allylic oxidation sites excluding steroid dienone is 2. The van der Waals surface area contributed by atoms with E-state index in [1.54, 1.807) is 0 Å². The molecule has 0 rings (SSSR count). The molecule has 0 spiro atoms. The fraction of sp³-hybridized carbons (Fsp3) is 0.949. The van der Waals surface area contributed by atoms with Crippen molar-refractivity contribution in [3.05, 3.63) is 24.3 Å².